The van der Waals surface area contributed by atoms with Gasteiger partial charge < -0.3 is 9.67 Å². The normalized spacial score (nSPS) is 24.7. The zero-order valence-electron chi connectivity index (χ0n) is 11.3. The van der Waals surface area contributed by atoms with Crippen LogP contribution in [0, 0.1) is 5.92 Å². The van der Waals surface area contributed by atoms with Crippen LogP contribution in [-0.2, 0) is 17.8 Å². The first kappa shape index (κ1) is 12.7. The topological polar surface area (TPSA) is 55.1 Å². The number of rotatable bonds is 2. The van der Waals surface area contributed by atoms with Crippen LogP contribution in [-0.4, -0.2) is 20.6 Å². The van der Waals surface area contributed by atoms with Gasteiger partial charge in [0.1, 0.15) is 5.82 Å². The molecule has 0 radical (unpaired) electrons. The van der Waals surface area contributed by atoms with Gasteiger partial charge in [0.2, 0.25) is 0 Å². The Morgan fingerprint density at radius 3 is 2.63 bits per heavy atom. The quantitative estimate of drug-likeness (QED) is 0.834. The van der Waals surface area contributed by atoms with E-state index in [1.165, 1.54) is 44.3 Å². The molecule has 1 aliphatic carbocycles. The highest BCUT2D eigenvalue weighted by atomic mass is 16.4. The maximum atomic E-state index is 11.1. The molecule has 1 aromatic rings. The van der Waals surface area contributed by atoms with Crippen molar-refractivity contribution in [2.45, 2.75) is 63.8 Å². The van der Waals surface area contributed by atoms with E-state index in [2.05, 4.69) is 9.55 Å². The van der Waals surface area contributed by atoms with Crippen molar-refractivity contribution < 1.29 is 9.90 Å². The molecule has 1 unspecified atom stereocenters. The molecule has 3 rings (SSSR count). The number of hydrogen-bond donors (Lipinski definition) is 1. The first-order chi connectivity index (χ1) is 9.25. The summed E-state index contributed by atoms with van der Waals surface area (Å²) in [6, 6.07) is 0. The molecule has 0 amide bonds. The van der Waals surface area contributed by atoms with Crippen LogP contribution in [0.25, 0.3) is 0 Å². The van der Waals surface area contributed by atoms with Crippen LogP contribution in [0.5, 0.6) is 0 Å². The zero-order chi connectivity index (χ0) is 13.2. The van der Waals surface area contributed by atoms with Crippen LogP contribution in [0.2, 0.25) is 0 Å². The lowest BCUT2D eigenvalue weighted by molar-refractivity contribution is -0.142. The van der Waals surface area contributed by atoms with Crippen molar-refractivity contribution >= 4 is 5.97 Å². The number of fused-ring (bicyclic) bond motifs is 1. The van der Waals surface area contributed by atoms with Gasteiger partial charge in [-0.1, -0.05) is 25.7 Å². The molecule has 1 aromatic heterocycles. The van der Waals surface area contributed by atoms with Gasteiger partial charge in [-0.05, 0) is 19.3 Å². The lowest BCUT2D eigenvalue weighted by Crippen LogP contribution is -2.26. The molecule has 1 saturated carbocycles. The predicted octanol–water partition coefficient (Wildman–Crippen LogP) is 2.97. The Morgan fingerprint density at radius 1 is 1.21 bits per heavy atom. The summed E-state index contributed by atoms with van der Waals surface area (Å²) in [5.74, 6) is 0.938. The number of aromatic nitrogens is 2. The zero-order valence-corrected chi connectivity index (χ0v) is 11.3. The van der Waals surface area contributed by atoms with E-state index in [1.54, 1.807) is 0 Å². The minimum absolute atomic E-state index is 0.216. The Kier molecular flexibility index (Phi) is 3.58. The van der Waals surface area contributed by atoms with E-state index in [9.17, 15) is 4.79 Å². The number of aliphatic carboxylic acids is 1. The lowest BCUT2D eigenvalue weighted by atomic mass is 9.95. The van der Waals surface area contributed by atoms with Gasteiger partial charge in [0.15, 0.2) is 0 Å². The summed E-state index contributed by atoms with van der Waals surface area (Å²) in [6.45, 7) is 0.831. The molecule has 4 nitrogen and oxygen atoms in total. The van der Waals surface area contributed by atoms with Gasteiger partial charge in [0, 0.05) is 30.8 Å². The van der Waals surface area contributed by atoms with Crippen LogP contribution >= 0.6 is 0 Å². The summed E-state index contributed by atoms with van der Waals surface area (Å²) in [4.78, 5) is 15.7. The minimum Gasteiger partial charge on any atom is -0.481 e. The Morgan fingerprint density at radius 2 is 1.95 bits per heavy atom. The van der Waals surface area contributed by atoms with Crippen LogP contribution < -0.4 is 0 Å². The average Bonchev–Trinajstić information content (AvgIpc) is 2.64. The molecule has 1 fully saturated rings. The van der Waals surface area contributed by atoms with E-state index in [1.807, 2.05) is 6.20 Å². The number of carboxylic acid groups (broad SMARTS) is 1. The molecule has 0 aromatic carbocycles. The van der Waals surface area contributed by atoms with Gasteiger partial charge in [-0.15, -0.1) is 0 Å². The van der Waals surface area contributed by atoms with Crippen molar-refractivity contribution in [2.75, 3.05) is 0 Å². The first-order valence-corrected chi connectivity index (χ1v) is 7.53. The number of nitrogens with zero attached hydrogens (tertiary/aromatic N) is 2. The van der Waals surface area contributed by atoms with Gasteiger partial charge in [-0.2, -0.15) is 0 Å². The lowest BCUT2D eigenvalue weighted by Gasteiger charge is -2.24. The smallest absolute Gasteiger partial charge is 0.306 e. The van der Waals surface area contributed by atoms with Crippen molar-refractivity contribution in [3.63, 3.8) is 0 Å². The molecule has 2 aliphatic rings. The Hall–Kier alpha value is -1.32. The van der Waals surface area contributed by atoms with E-state index in [0.717, 1.165) is 18.7 Å². The van der Waals surface area contributed by atoms with E-state index in [4.69, 9.17) is 5.11 Å². The summed E-state index contributed by atoms with van der Waals surface area (Å²) < 4.78 is 2.30. The van der Waals surface area contributed by atoms with Crippen molar-refractivity contribution in [2.24, 2.45) is 5.92 Å². The highest BCUT2D eigenvalue weighted by molar-refractivity contribution is 5.70. The summed E-state index contributed by atoms with van der Waals surface area (Å²) >= 11 is 0. The maximum Gasteiger partial charge on any atom is 0.306 e. The van der Waals surface area contributed by atoms with Gasteiger partial charge >= 0.3 is 5.97 Å². The van der Waals surface area contributed by atoms with Gasteiger partial charge in [0.25, 0.3) is 0 Å². The number of carbonyl (C=O) groups is 1. The van der Waals surface area contributed by atoms with Gasteiger partial charge in [-0.25, -0.2) is 4.98 Å². The Balaban J connectivity index is 1.80. The third-order valence-corrected chi connectivity index (χ3v) is 4.70. The molecule has 1 atom stereocenters. The predicted molar refractivity (Wildman–Crippen MR) is 72.1 cm³/mol. The van der Waals surface area contributed by atoms with E-state index < -0.39 is 5.97 Å². The molecular weight excluding hydrogens is 240 g/mol. The standard InChI is InChI=1S/C15H22N2O2/c18-15(19)12-7-8-17-13(9-12)10-16-14(17)11-5-3-1-2-4-6-11/h10-12H,1-9H2,(H,18,19). The van der Waals surface area contributed by atoms with Crippen LogP contribution in [0.15, 0.2) is 6.20 Å². The molecule has 0 spiro atoms. The van der Waals surface area contributed by atoms with Gasteiger partial charge in [0.05, 0.1) is 5.92 Å². The largest absolute Gasteiger partial charge is 0.481 e. The van der Waals surface area contributed by atoms with Crippen LogP contribution in [0.1, 0.15) is 62.4 Å². The molecule has 104 valence electrons. The van der Waals surface area contributed by atoms with Crippen molar-refractivity contribution in [3.05, 3.63) is 17.7 Å². The van der Waals surface area contributed by atoms with Crippen molar-refractivity contribution in [1.82, 2.24) is 9.55 Å². The van der Waals surface area contributed by atoms with E-state index in [0.29, 0.717) is 12.3 Å². The van der Waals surface area contributed by atoms with E-state index in [-0.39, 0.29) is 5.92 Å². The fourth-order valence-corrected chi connectivity index (χ4v) is 3.56. The second-order valence-corrected chi connectivity index (χ2v) is 5.98. The molecule has 0 saturated heterocycles. The second kappa shape index (κ2) is 5.35. The van der Waals surface area contributed by atoms with Gasteiger partial charge in [-0.3, -0.25) is 4.79 Å². The maximum absolute atomic E-state index is 11.1. The number of carboxylic acids is 1. The summed E-state index contributed by atoms with van der Waals surface area (Å²) in [5, 5.41) is 9.13. The van der Waals surface area contributed by atoms with E-state index >= 15 is 0 Å². The highest BCUT2D eigenvalue weighted by Gasteiger charge is 2.28. The van der Waals surface area contributed by atoms with Crippen molar-refractivity contribution in [1.29, 1.82) is 0 Å². The van der Waals surface area contributed by atoms with Crippen molar-refractivity contribution in [3.8, 4) is 0 Å². The second-order valence-electron chi connectivity index (χ2n) is 5.98. The summed E-state index contributed by atoms with van der Waals surface area (Å²) in [7, 11) is 0. The molecule has 19 heavy (non-hydrogen) atoms. The molecule has 2 heterocycles. The molecule has 0 bridgehead atoms. The molecule has 1 aliphatic heterocycles. The molecular formula is C15H22N2O2. The average molecular weight is 262 g/mol. The molecule has 4 heteroatoms. The summed E-state index contributed by atoms with van der Waals surface area (Å²) in [5.41, 5.74) is 1.12. The van der Waals surface area contributed by atoms with Crippen LogP contribution in [0.3, 0.4) is 0 Å². The third kappa shape index (κ3) is 2.53. The molecule has 1 N–H and O–H groups in total. The first-order valence-electron chi connectivity index (χ1n) is 7.53. The number of hydrogen-bond acceptors (Lipinski definition) is 2. The SMILES string of the molecule is O=C(O)C1CCn2c(cnc2C2CCCCCC2)C1. The summed E-state index contributed by atoms with van der Waals surface area (Å²) in [6.07, 6.45) is 11.1. The fraction of sp³-hybridized carbons (Fsp3) is 0.733. The third-order valence-electron chi connectivity index (χ3n) is 4.70. The Labute approximate surface area is 113 Å². The monoisotopic (exact) mass is 262 g/mol. The van der Waals surface area contributed by atoms with Crippen LogP contribution in [0.4, 0.5) is 0 Å². The Bertz CT molecular complexity index is 459. The highest BCUT2D eigenvalue weighted by Crippen LogP contribution is 2.33. The number of imidazole rings is 1. The minimum atomic E-state index is -0.663. The fourth-order valence-electron chi connectivity index (χ4n) is 3.56.